The number of hydrogen-bond acceptors (Lipinski definition) is 6. The smallest absolute Gasteiger partial charge is 0.258 e. The van der Waals surface area contributed by atoms with Crippen LogP contribution in [0.3, 0.4) is 0 Å². The third-order valence-electron chi connectivity index (χ3n) is 4.68. The Kier molecular flexibility index (Phi) is 4.52. The van der Waals surface area contributed by atoms with Gasteiger partial charge in [0.1, 0.15) is 5.82 Å². The number of aromatic amines is 1. The summed E-state index contributed by atoms with van der Waals surface area (Å²) < 4.78 is 1.94. The standard InChI is InChI=1S/C17H20N6OS/c1-11(15-18-14-10-6-5-9-13(14)16(24)19-15)25-17-20-21-22-23(17)12-7-3-2-4-8-12/h5-6,9-12H,2-4,7-8H2,1H3,(H,18,19,24). The Morgan fingerprint density at radius 1 is 1.24 bits per heavy atom. The maximum atomic E-state index is 12.3. The van der Waals surface area contributed by atoms with Crippen molar-refractivity contribution < 1.29 is 0 Å². The Morgan fingerprint density at radius 2 is 2.04 bits per heavy atom. The first-order valence-electron chi connectivity index (χ1n) is 8.66. The molecule has 1 unspecified atom stereocenters. The number of thioether (sulfide) groups is 1. The van der Waals surface area contributed by atoms with Crippen molar-refractivity contribution >= 4 is 22.7 Å². The minimum absolute atomic E-state index is 0.0503. The molecule has 1 saturated carbocycles. The first-order chi connectivity index (χ1) is 12.2. The number of hydrogen-bond donors (Lipinski definition) is 1. The lowest BCUT2D eigenvalue weighted by Crippen LogP contribution is -2.16. The summed E-state index contributed by atoms with van der Waals surface area (Å²) in [5.74, 6) is 0.645. The van der Waals surface area contributed by atoms with Gasteiger partial charge in [0.15, 0.2) is 0 Å². The quantitative estimate of drug-likeness (QED) is 0.722. The van der Waals surface area contributed by atoms with Crippen molar-refractivity contribution in [2.75, 3.05) is 0 Å². The molecule has 0 amide bonds. The van der Waals surface area contributed by atoms with Crippen LogP contribution in [-0.4, -0.2) is 30.2 Å². The van der Waals surface area contributed by atoms with Gasteiger partial charge in [0, 0.05) is 0 Å². The van der Waals surface area contributed by atoms with Gasteiger partial charge in [0.05, 0.1) is 22.2 Å². The molecule has 25 heavy (non-hydrogen) atoms. The van der Waals surface area contributed by atoms with Crippen LogP contribution in [0.2, 0.25) is 0 Å². The van der Waals surface area contributed by atoms with Crippen LogP contribution in [0.5, 0.6) is 0 Å². The second-order valence-corrected chi connectivity index (χ2v) is 7.73. The molecule has 0 radical (unpaired) electrons. The average molecular weight is 356 g/mol. The van der Waals surface area contributed by atoms with E-state index >= 15 is 0 Å². The molecule has 1 aromatic carbocycles. The summed E-state index contributed by atoms with van der Waals surface area (Å²) in [5.41, 5.74) is 0.598. The van der Waals surface area contributed by atoms with E-state index < -0.39 is 0 Å². The van der Waals surface area contributed by atoms with Crippen molar-refractivity contribution in [1.29, 1.82) is 0 Å². The number of aromatic nitrogens is 6. The number of H-pyrrole nitrogens is 1. The highest BCUT2D eigenvalue weighted by molar-refractivity contribution is 7.99. The van der Waals surface area contributed by atoms with Crippen molar-refractivity contribution in [2.24, 2.45) is 0 Å². The highest BCUT2D eigenvalue weighted by Gasteiger charge is 2.22. The Bertz CT molecular complexity index is 930. The van der Waals surface area contributed by atoms with Crippen molar-refractivity contribution in [3.05, 3.63) is 40.4 Å². The lowest BCUT2D eigenvalue weighted by molar-refractivity contribution is 0.307. The summed E-state index contributed by atoms with van der Waals surface area (Å²) in [6.45, 7) is 2.01. The summed E-state index contributed by atoms with van der Waals surface area (Å²) in [6.07, 6.45) is 5.99. The molecule has 3 aromatic rings. The fraction of sp³-hybridized carbons (Fsp3) is 0.471. The van der Waals surface area contributed by atoms with E-state index in [1.807, 2.05) is 29.8 Å². The van der Waals surface area contributed by atoms with E-state index in [1.165, 1.54) is 31.0 Å². The maximum Gasteiger partial charge on any atom is 0.258 e. The number of para-hydroxylation sites is 1. The van der Waals surface area contributed by atoms with E-state index in [0.29, 0.717) is 22.8 Å². The molecule has 7 nitrogen and oxygen atoms in total. The van der Waals surface area contributed by atoms with Crippen LogP contribution in [0.15, 0.2) is 34.2 Å². The van der Waals surface area contributed by atoms with E-state index in [1.54, 1.807) is 6.07 Å². The maximum absolute atomic E-state index is 12.3. The molecule has 130 valence electrons. The lowest BCUT2D eigenvalue weighted by Gasteiger charge is -2.22. The van der Waals surface area contributed by atoms with Gasteiger partial charge < -0.3 is 4.98 Å². The third-order valence-corrected chi connectivity index (χ3v) is 5.74. The molecule has 1 N–H and O–H groups in total. The van der Waals surface area contributed by atoms with Crippen molar-refractivity contribution in [3.8, 4) is 0 Å². The molecule has 2 aromatic heterocycles. The summed E-state index contributed by atoms with van der Waals surface area (Å²) in [5, 5.41) is 13.6. The van der Waals surface area contributed by atoms with Crippen LogP contribution >= 0.6 is 11.8 Å². The zero-order chi connectivity index (χ0) is 17.2. The van der Waals surface area contributed by atoms with E-state index in [2.05, 4.69) is 25.5 Å². The van der Waals surface area contributed by atoms with Crippen molar-refractivity contribution in [2.45, 2.75) is 55.5 Å². The van der Waals surface area contributed by atoms with Gasteiger partial charge in [0.2, 0.25) is 5.16 Å². The molecule has 0 spiro atoms. The van der Waals surface area contributed by atoms with Gasteiger partial charge >= 0.3 is 0 Å². The SMILES string of the molecule is CC(Sc1nnnn1C1CCCCC1)c1nc2ccccc2c(=O)[nH]1. The van der Waals surface area contributed by atoms with Crippen LogP contribution < -0.4 is 5.56 Å². The molecule has 4 rings (SSSR count). The van der Waals surface area contributed by atoms with Gasteiger partial charge in [-0.15, -0.1) is 5.10 Å². The normalized spacial score (nSPS) is 17.0. The van der Waals surface area contributed by atoms with Crippen LogP contribution in [-0.2, 0) is 0 Å². The van der Waals surface area contributed by atoms with Crippen molar-refractivity contribution in [1.82, 2.24) is 30.2 Å². The summed E-state index contributed by atoms with van der Waals surface area (Å²) in [4.78, 5) is 19.8. The Balaban J connectivity index is 1.59. The van der Waals surface area contributed by atoms with Crippen molar-refractivity contribution in [3.63, 3.8) is 0 Å². The van der Waals surface area contributed by atoms with Crippen LogP contribution in [0.1, 0.15) is 56.1 Å². The highest BCUT2D eigenvalue weighted by atomic mass is 32.2. The average Bonchev–Trinajstić information content (AvgIpc) is 3.10. The molecule has 1 atom stereocenters. The molecule has 2 heterocycles. The monoisotopic (exact) mass is 356 g/mol. The molecule has 1 fully saturated rings. The van der Waals surface area contributed by atoms with Gasteiger partial charge in [-0.2, -0.15) is 0 Å². The van der Waals surface area contributed by atoms with Crippen LogP contribution in [0, 0.1) is 0 Å². The number of tetrazole rings is 1. The molecular weight excluding hydrogens is 336 g/mol. The summed E-state index contributed by atoms with van der Waals surface area (Å²) in [6, 6.07) is 7.75. The Morgan fingerprint density at radius 3 is 2.88 bits per heavy atom. The summed E-state index contributed by atoms with van der Waals surface area (Å²) >= 11 is 1.54. The minimum Gasteiger partial charge on any atom is -0.309 e. The molecular formula is C17H20N6OS. The second kappa shape index (κ2) is 6.95. The van der Waals surface area contributed by atoms with Gasteiger partial charge in [0.25, 0.3) is 5.56 Å². The fourth-order valence-corrected chi connectivity index (χ4v) is 4.25. The highest BCUT2D eigenvalue weighted by Crippen LogP contribution is 2.35. The van der Waals surface area contributed by atoms with E-state index in [0.717, 1.165) is 18.0 Å². The predicted molar refractivity (Wildman–Crippen MR) is 96.6 cm³/mol. The van der Waals surface area contributed by atoms with Crippen LogP contribution in [0.25, 0.3) is 10.9 Å². The number of nitrogens with one attached hydrogen (secondary N) is 1. The number of fused-ring (bicyclic) bond motifs is 1. The zero-order valence-corrected chi connectivity index (χ0v) is 14.9. The first kappa shape index (κ1) is 16.3. The zero-order valence-electron chi connectivity index (χ0n) is 14.1. The van der Waals surface area contributed by atoms with Gasteiger partial charge in [-0.1, -0.05) is 43.2 Å². The third kappa shape index (κ3) is 3.30. The van der Waals surface area contributed by atoms with E-state index in [9.17, 15) is 4.79 Å². The summed E-state index contributed by atoms with van der Waals surface area (Å²) in [7, 11) is 0. The molecule has 1 aliphatic rings. The molecule has 8 heteroatoms. The topological polar surface area (TPSA) is 89.3 Å². The molecule has 0 aliphatic heterocycles. The van der Waals surface area contributed by atoms with Crippen LogP contribution in [0.4, 0.5) is 0 Å². The van der Waals surface area contributed by atoms with Gasteiger partial charge in [-0.05, 0) is 42.3 Å². The predicted octanol–water partition coefficient (Wildman–Crippen LogP) is 3.27. The van der Waals surface area contributed by atoms with E-state index in [-0.39, 0.29) is 10.8 Å². The Labute approximate surface area is 149 Å². The Hall–Kier alpha value is -2.22. The molecule has 0 bridgehead atoms. The number of benzene rings is 1. The minimum atomic E-state index is -0.111. The van der Waals surface area contributed by atoms with Gasteiger partial charge in [-0.3, -0.25) is 4.79 Å². The molecule has 1 aliphatic carbocycles. The number of nitrogens with zero attached hydrogens (tertiary/aromatic N) is 5. The number of rotatable bonds is 4. The largest absolute Gasteiger partial charge is 0.309 e. The second-order valence-electron chi connectivity index (χ2n) is 6.43. The lowest BCUT2D eigenvalue weighted by atomic mass is 9.96. The molecule has 0 saturated heterocycles. The first-order valence-corrected chi connectivity index (χ1v) is 9.54. The fourth-order valence-electron chi connectivity index (χ4n) is 3.33. The van der Waals surface area contributed by atoms with Gasteiger partial charge in [-0.25, -0.2) is 9.67 Å². The van der Waals surface area contributed by atoms with E-state index in [4.69, 9.17) is 0 Å².